The van der Waals surface area contributed by atoms with Gasteiger partial charge < -0.3 is 15.0 Å². The molecule has 0 amide bonds. The second-order valence-corrected chi connectivity index (χ2v) is 6.21. The lowest BCUT2D eigenvalue weighted by atomic mass is 9.76. The Morgan fingerprint density at radius 3 is 2.60 bits per heavy atom. The third-order valence-electron chi connectivity index (χ3n) is 4.85. The van der Waals surface area contributed by atoms with Crippen molar-refractivity contribution in [3.8, 4) is 0 Å². The van der Waals surface area contributed by atoms with Crippen LogP contribution in [0.2, 0.25) is 0 Å². The van der Waals surface area contributed by atoms with Gasteiger partial charge in [0.15, 0.2) is 0 Å². The molecular formula is C17H36N2O. The zero-order valence-electron chi connectivity index (χ0n) is 14.2. The molecule has 3 unspecified atom stereocenters. The average molecular weight is 284 g/mol. The first-order valence-electron chi connectivity index (χ1n) is 8.72. The van der Waals surface area contributed by atoms with Gasteiger partial charge in [0.1, 0.15) is 0 Å². The van der Waals surface area contributed by atoms with Gasteiger partial charge in [-0.25, -0.2) is 0 Å². The van der Waals surface area contributed by atoms with E-state index >= 15 is 0 Å². The number of nitrogens with one attached hydrogen (secondary N) is 1. The number of hydrogen-bond acceptors (Lipinski definition) is 3. The molecular weight excluding hydrogens is 248 g/mol. The van der Waals surface area contributed by atoms with Crippen molar-refractivity contribution in [2.75, 3.05) is 39.9 Å². The fourth-order valence-corrected chi connectivity index (χ4v) is 3.66. The maximum Gasteiger partial charge on any atom is 0.0593 e. The summed E-state index contributed by atoms with van der Waals surface area (Å²) in [6.45, 7) is 11.8. The monoisotopic (exact) mass is 284 g/mol. The highest BCUT2D eigenvalue weighted by atomic mass is 16.5. The molecule has 0 bridgehead atoms. The zero-order valence-corrected chi connectivity index (χ0v) is 14.2. The van der Waals surface area contributed by atoms with Crippen LogP contribution in [0.25, 0.3) is 0 Å². The molecule has 0 radical (unpaired) electrons. The summed E-state index contributed by atoms with van der Waals surface area (Å²) in [6.07, 6.45) is 6.93. The van der Waals surface area contributed by atoms with Gasteiger partial charge in [0.2, 0.25) is 0 Å². The van der Waals surface area contributed by atoms with E-state index in [-0.39, 0.29) is 0 Å². The first-order chi connectivity index (χ1) is 9.74. The maximum absolute atomic E-state index is 5.51. The van der Waals surface area contributed by atoms with Crippen molar-refractivity contribution in [1.29, 1.82) is 0 Å². The summed E-state index contributed by atoms with van der Waals surface area (Å²) < 4.78 is 5.51. The van der Waals surface area contributed by atoms with Crippen LogP contribution in [-0.4, -0.2) is 50.8 Å². The number of likely N-dealkylation sites (N-methyl/N-ethyl adjacent to an activating group) is 1. The summed E-state index contributed by atoms with van der Waals surface area (Å²) in [5.41, 5.74) is 0. The van der Waals surface area contributed by atoms with Gasteiger partial charge in [-0.15, -0.1) is 0 Å². The number of nitrogens with zero attached hydrogens (tertiary/aromatic N) is 1. The fraction of sp³-hybridized carbons (Fsp3) is 1.00. The number of ether oxygens (including phenoxy) is 1. The molecule has 0 aromatic heterocycles. The van der Waals surface area contributed by atoms with Gasteiger partial charge in [0, 0.05) is 25.7 Å². The first-order valence-corrected chi connectivity index (χ1v) is 8.72. The van der Waals surface area contributed by atoms with Crippen molar-refractivity contribution < 1.29 is 4.74 Å². The summed E-state index contributed by atoms with van der Waals surface area (Å²) in [6, 6.07) is 0.712. The highest BCUT2D eigenvalue weighted by Gasteiger charge is 2.30. The van der Waals surface area contributed by atoms with Crippen molar-refractivity contribution >= 4 is 0 Å². The smallest absolute Gasteiger partial charge is 0.0593 e. The predicted molar refractivity (Wildman–Crippen MR) is 87.2 cm³/mol. The van der Waals surface area contributed by atoms with Crippen LogP contribution in [0, 0.1) is 11.8 Å². The minimum Gasteiger partial charge on any atom is -0.380 e. The third-order valence-corrected chi connectivity index (χ3v) is 4.85. The molecule has 1 aliphatic carbocycles. The summed E-state index contributed by atoms with van der Waals surface area (Å²) in [5.74, 6) is 1.77. The van der Waals surface area contributed by atoms with Gasteiger partial charge >= 0.3 is 0 Å². The molecule has 0 aromatic carbocycles. The van der Waals surface area contributed by atoms with Crippen molar-refractivity contribution in [2.24, 2.45) is 11.8 Å². The van der Waals surface area contributed by atoms with E-state index in [0.717, 1.165) is 38.1 Å². The van der Waals surface area contributed by atoms with Gasteiger partial charge in [-0.1, -0.05) is 26.7 Å². The second kappa shape index (κ2) is 10.6. The van der Waals surface area contributed by atoms with Crippen LogP contribution in [0.5, 0.6) is 0 Å². The average Bonchev–Trinajstić information content (AvgIpc) is 2.47. The quantitative estimate of drug-likeness (QED) is 0.624. The van der Waals surface area contributed by atoms with Crippen LogP contribution in [0.3, 0.4) is 0 Å². The van der Waals surface area contributed by atoms with E-state index in [1.54, 1.807) is 0 Å². The van der Waals surface area contributed by atoms with E-state index in [1.165, 1.54) is 38.6 Å². The summed E-state index contributed by atoms with van der Waals surface area (Å²) in [7, 11) is 2.13. The molecule has 3 nitrogen and oxygen atoms in total. The van der Waals surface area contributed by atoms with Crippen LogP contribution in [0.15, 0.2) is 0 Å². The number of hydrogen-bond donors (Lipinski definition) is 1. The van der Waals surface area contributed by atoms with Crippen LogP contribution < -0.4 is 5.32 Å². The van der Waals surface area contributed by atoms with Crippen LogP contribution in [0.1, 0.15) is 52.9 Å². The van der Waals surface area contributed by atoms with E-state index < -0.39 is 0 Å². The predicted octanol–water partition coefficient (Wildman–Crippen LogP) is 3.15. The Morgan fingerprint density at radius 2 is 2.00 bits per heavy atom. The molecule has 1 aliphatic rings. The van der Waals surface area contributed by atoms with Crippen LogP contribution >= 0.6 is 0 Å². The van der Waals surface area contributed by atoms with Gasteiger partial charge in [0.05, 0.1) is 6.61 Å². The Labute approximate surface area is 126 Å². The standard InChI is InChI=1S/C17H36N2O/c1-5-8-15-9-10-17(18-4)16(13-15)14-19(6-2)11-12-20-7-3/h15-18H,5-14H2,1-4H3. The molecule has 1 N–H and O–H groups in total. The van der Waals surface area contributed by atoms with Gasteiger partial charge in [-0.2, -0.15) is 0 Å². The summed E-state index contributed by atoms with van der Waals surface area (Å²) >= 11 is 0. The van der Waals surface area contributed by atoms with E-state index in [0.29, 0.717) is 6.04 Å². The molecule has 1 saturated carbocycles. The number of rotatable bonds is 10. The zero-order chi connectivity index (χ0) is 14.8. The molecule has 20 heavy (non-hydrogen) atoms. The minimum atomic E-state index is 0.712. The van der Waals surface area contributed by atoms with E-state index in [1.807, 2.05) is 0 Å². The highest BCUT2D eigenvalue weighted by Crippen LogP contribution is 2.32. The van der Waals surface area contributed by atoms with Crippen molar-refractivity contribution in [3.05, 3.63) is 0 Å². The largest absolute Gasteiger partial charge is 0.380 e. The molecule has 0 spiro atoms. The van der Waals surface area contributed by atoms with Gasteiger partial charge in [-0.05, 0) is 51.6 Å². The molecule has 120 valence electrons. The molecule has 3 heteroatoms. The normalized spacial score (nSPS) is 27.1. The first kappa shape index (κ1) is 17.9. The maximum atomic E-state index is 5.51. The molecule has 0 aromatic rings. The molecule has 3 atom stereocenters. The van der Waals surface area contributed by atoms with Gasteiger partial charge in [-0.3, -0.25) is 0 Å². The van der Waals surface area contributed by atoms with Gasteiger partial charge in [0.25, 0.3) is 0 Å². The summed E-state index contributed by atoms with van der Waals surface area (Å²) in [4.78, 5) is 2.57. The topological polar surface area (TPSA) is 24.5 Å². The van der Waals surface area contributed by atoms with E-state index in [2.05, 4.69) is 38.0 Å². The molecule has 1 fully saturated rings. The molecule has 0 aliphatic heterocycles. The lowest BCUT2D eigenvalue weighted by Gasteiger charge is -2.38. The minimum absolute atomic E-state index is 0.712. The molecule has 0 saturated heterocycles. The van der Waals surface area contributed by atoms with Crippen molar-refractivity contribution in [3.63, 3.8) is 0 Å². The SMILES string of the molecule is CCCC1CCC(NC)C(CN(CC)CCOCC)C1. The van der Waals surface area contributed by atoms with Crippen LogP contribution in [0.4, 0.5) is 0 Å². The second-order valence-electron chi connectivity index (χ2n) is 6.21. The Balaban J connectivity index is 2.45. The van der Waals surface area contributed by atoms with E-state index in [9.17, 15) is 0 Å². The lowest BCUT2D eigenvalue weighted by molar-refractivity contribution is 0.0918. The van der Waals surface area contributed by atoms with E-state index in [4.69, 9.17) is 4.74 Å². The Hall–Kier alpha value is -0.120. The lowest BCUT2D eigenvalue weighted by Crippen LogP contribution is -2.45. The van der Waals surface area contributed by atoms with Crippen molar-refractivity contribution in [1.82, 2.24) is 10.2 Å². The van der Waals surface area contributed by atoms with Crippen molar-refractivity contribution in [2.45, 2.75) is 58.9 Å². The van der Waals surface area contributed by atoms with Crippen LogP contribution in [-0.2, 0) is 4.74 Å². The molecule has 1 rings (SSSR count). The Bertz CT molecular complexity index is 235. The Kier molecular flexibility index (Phi) is 9.49. The fourth-order valence-electron chi connectivity index (χ4n) is 3.66. The molecule has 0 heterocycles. The third kappa shape index (κ3) is 6.11. The summed E-state index contributed by atoms with van der Waals surface area (Å²) in [5, 5.41) is 3.56. The Morgan fingerprint density at radius 1 is 1.20 bits per heavy atom. The highest BCUT2D eigenvalue weighted by molar-refractivity contribution is 4.85.